The maximum atomic E-state index is 9.04. The van der Waals surface area contributed by atoms with Crippen LogP contribution in [0.1, 0.15) is 46.0 Å². The highest BCUT2D eigenvalue weighted by Gasteiger charge is 2.25. The van der Waals surface area contributed by atoms with E-state index in [1.165, 1.54) is 19.3 Å². The molecule has 0 spiro atoms. The van der Waals surface area contributed by atoms with Gasteiger partial charge in [0.25, 0.3) is 0 Å². The van der Waals surface area contributed by atoms with E-state index in [2.05, 4.69) is 12.2 Å². The van der Waals surface area contributed by atoms with E-state index in [0.717, 1.165) is 31.3 Å². The van der Waals surface area contributed by atoms with Crippen molar-refractivity contribution in [3.63, 3.8) is 0 Å². The van der Waals surface area contributed by atoms with Crippen molar-refractivity contribution in [1.82, 2.24) is 5.32 Å². The molecule has 2 nitrogen and oxygen atoms in total. The van der Waals surface area contributed by atoms with Crippen LogP contribution in [0.4, 0.5) is 0 Å². The Balaban J connectivity index is 1.84. The third-order valence-electron chi connectivity index (χ3n) is 3.08. The molecule has 0 aromatic rings. The lowest BCUT2D eigenvalue weighted by Crippen LogP contribution is -2.42. The molecule has 78 valence electrons. The minimum atomic E-state index is -0.123. The second-order valence-electron chi connectivity index (χ2n) is 4.46. The van der Waals surface area contributed by atoms with Crippen LogP contribution in [-0.4, -0.2) is 23.8 Å². The number of nitrogens with one attached hydrogen (secondary N) is 1. The van der Waals surface area contributed by atoms with Crippen molar-refractivity contribution in [3.8, 4) is 0 Å². The van der Waals surface area contributed by atoms with Gasteiger partial charge >= 0.3 is 0 Å². The summed E-state index contributed by atoms with van der Waals surface area (Å²) in [6, 6.07) is 0.784. The monoisotopic (exact) mass is 185 g/mol. The number of unbranched alkanes of at least 4 members (excludes halogenated alkanes) is 1. The summed E-state index contributed by atoms with van der Waals surface area (Å²) in [4.78, 5) is 0. The highest BCUT2D eigenvalue weighted by molar-refractivity contribution is 4.83. The Morgan fingerprint density at radius 3 is 2.62 bits per heavy atom. The first-order valence-electron chi connectivity index (χ1n) is 5.61. The Hall–Kier alpha value is -0.0800. The summed E-state index contributed by atoms with van der Waals surface area (Å²) in [5.74, 6) is 0.886. The molecule has 0 bridgehead atoms. The maximum absolute atomic E-state index is 9.04. The van der Waals surface area contributed by atoms with Crippen LogP contribution in [0.5, 0.6) is 0 Å². The van der Waals surface area contributed by atoms with E-state index in [0.29, 0.717) is 0 Å². The van der Waals surface area contributed by atoms with Gasteiger partial charge in [0.15, 0.2) is 0 Å². The third-order valence-corrected chi connectivity index (χ3v) is 3.08. The maximum Gasteiger partial charge on any atom is 0.0512 e. The average Bonchev–Trinajstić information content (AvgIpc) is 2.08. The van der Waals surface area contributed by atoms with Crippen LogP contribution in [0.15, 0.2) is 0 Å². The largest absolute Gasteiger partial charge is 0.393 e. The summed E-state index contributed by atoms with van der Waals surface area (Å²) in [7, 11) is 0. The Morgan fingerprint density at radius 1 is 1.38 bits per heavy atom. The topological polar surface area (TPSA) is 32.3 Å². The summed E-state index contributed by atoms with van der Waals surface area (Å²) in [5.41, 5.74) is 0. The van der Waals surface area contributed by atoms with Crippen molar-refractivity contribution in [2.24, 2.45) is 5.92 Å². The van der Waals surface area contributed by atoms with Crippen LogP contribution < -0.4 is 5.32 Å². The lowest BCUT2D eigenvalue weighted by atomic mass is 9.81. The van der Waals surface area contributed by atoms with Gasteiger partial charge in [0.1, 0.15) is 0 Å². The molecule has 0 aromatic heterocycles. The zero-order valence-corrected chi connectivity index (χ0v) is 8.92. The number of rotatable bonds is 6. The number of aliphatic hydroxyl groups excluding tert-OH is 1. The molecular weight excluding hydrogens is 162 g/mol. The predicted octanol–water partition coefficient (Wildman–Crippen LogP) is 1.93. The van der Waals surface area contributed by atoms with Crippen LogP contribution >= 0.6 is 0 Å². The summed E-state index contributed by atoms with van der Waals surface area (Å²) in [6.45, 7) is 5.31. The van der Waals surface area contributed by atoms with Crippen molar-refractivity contribution in [2.45, 2.75) is 58.1 Å². The summed E-state index contributed by atoms with van der Waals surface area (Å²) in [5, 5.41) is 12.6. The van der Waals surface area contributed by atoms with E-state index in [-0.39, 0.29) is 6.10 Å². The lowest BCUT2D eigenvalue weighted by molar-refractivity contribution is 0.179. The van der Waals surface area contributed by atoms with E-state index < -0.39 is 0 Å². The highest BCUT2D eigenvalue weighted by atomic mass is 16.3. The Bertz CT molecular complexity index is 136. The SMILES string of the molecule is CC(O)CCCCN[C@@H]1CCC1C. The number of hydrogen-bond acceptors (Lipinski definition) is 2. The van der Waals surface area contributed by atoms with E-state index in [9.17, 15) is 0 Å². The molecule has 0 saturated heterocycles. The molecule has 1 aliphatic rings. The van der Waals surface area contributed by atoms with Crippen molar-refractivity contribution in [2.75, 3.05) is 6.54 Å². The third kappa shape index (κ3) is 4.10. The predicted molar refractivity (Wildman–Crippen MR) is 55.7 cm³/mol. The molecule has 0 aliphatic heterocycles. The second kappa shape index (κ2) is 5.61. The van der Waals surface area contributed by atoms with Gasteiger partial charge in [-0.1, -0.05) is 6.92 Å². The van der Waals surface area contributed by atoms with E-state index in [1.54, 1.807) is 0 Å². The molecule has 13 heavy (non-hydrogen) atoms. The van der Waals surface area contributed by atoms with E-state index in [4.69, 9.17) is 5.11 Å². The Labute approximate surface area is 81.7 Å². The van der Waals surface area contributed by atoms with Gasteiger partial charge in [-0.05, 0) is 51.5 Å². The van der Waals surface area contributed by atoms with Crippen LogP contribution in [0.25, 0.3) is 0 Å². The van der Waals surface area contributed by atoms with Gasteiger partial charge in [-0.25, -0.2) is 0 Å². The normalized spacial score (nSPS) is 29.8. The second-order valence-corrected chi connectivity index (χ2v) is 4.46. The quantitative estimate of drug-likeness (QED) is 0.620. The minimum absolute atomic E-state index is 0.123. The summed E-state index contributed by atoms with van der Waals surface area (Å²) in [6.07, 6.45) is 5.92. The molecule has 1 aliphatic carbocycles. The molecule has 2 unspecified atom stereocenters. The fourth-order valence-electron chi connectivity index (χ4n) is 1.82. The molecule has 1 rings (SSSR count). The van der Waals surface area contributed by atoms with Gasteiger partial charge in [-0.15, -0.1) is 0 Å². The van der Waals surface area contributed by atoms with Crippen molar-refractivity contribution < 1.29 is 5.11 Å². The van der Waals surface area contributed by atoms with Gasteiger partial charge in [-0.2, -0.15) is 0 Å². The van der Waals surface area contributed by atoms with Gasteiger partial charge in [0.2, 0.25) is 0 Å². The average molecular weight is 185 g/mol. The van der Waals surface area contributed by atoms with Gasteiger partial charge < -0.3 is 10.4 Å². The first-order valence-corrected chi connectivity index (χ1v) is 5.61. The minimum Gasteiger partial charge on any atom is -0.393 e. The number of hydrogen-bond donors (Lipinski definition) is 2. The molecule has 0 heterocycles. The molecule has 2 heteroatoms. The van der Waals surface area contributed by atoms with E-state index in [1.807, 2.05) is 6.92 Å². The van der Waals surface area contributed by atoms with Crippen LogP contribution in [0, 0.1) is 5.92 Å². The molecule has 0 amide bonds. The van der Waals surface area contributed by atoms with Crippen LogP contribution in [-0.2, 0) is 0 Å². The van der Waals surface area contributed by atoms with Crippen molar-refractivity contribution in [3.05, 3.63) is 0 Å². The molecule has 1 saturated carbocycles. The number of aliphatic hydroxyl groups is 1. The zero-order chi connectivity index (χ0) is 9.68. The summed E-state index contributed by atoms with van der Waals surface area (Å²) < 4.78 is 0. The molecule has 2 N–H and O–H groups in total. The molecular formula is C11H23NO. The standard InChI is InChI=1S/C11H23NO/c1-9-6-7-11(9)12-8-4-3-5-10(2)13/h9-13H,3-8H2,1-2H3/t9?,10?,11-/m1/s1. The fraction of sp³-hybridized carbons (Fsp3) is 1.00. The van der Waals surface area contributed by atoms with Gasteiger partial charge in [0, 0.05) is 6.04 Å². The van der Waals surface area contributed by atoms with E-state index >= 15 is 0 Å². The Morgan fingerprint density at radius 2 is 2.15 bits per heavy atom. The van der Waals surface area contributed by atoms with Crippen LogP contribution in [0.2, 0.25) is 0 Å². The molecule has 1 fully saturated rings. The lowest BCUT2D eigenvalue weighted by Gasteiger charge is -2.34. The molecule has 0 radical (unpaired) electrons. The smallest absolute Gasteiger partial charge is 0.0512 e. The summed E-state index contributed by atoms with van der Waals surface area (Å²) >= 11 is 0. The Kier molecular flexibility index (Phi) is 4.74. The first-order chi connectivity index (χ1) is 6.20. The zero-order valence-electron chi connectivity index (χ0n) is 8.92. The van der Waals surface area contributed by atoms with Crippen molar-refractivity contribution >= 4 is 0 Å². The van der Waals surface area contributed by atoms with Crippen LogP contribution in [0.3, 0.4) is 0 Å². The molecule has 0 aromatic carbocycles. The van der Waals surface area contributed by atoms with Gasteiger partial charge in [0.05, 0.1) is 6.10 Å². The molecule has 3 atom stereocenters. The van der Waals surface area contributed by atoms with Crippen molar-refractivity contribution in [1.29, 1.82) is 0 Å². The van der Waals surface area contributed by atoms with Gasteiger partial charge in [-0.3, -0.25) is 0 Å². The highest BCUT2D eigenvalue weighted by Crippen LogP contribution is 2.26. The fourth-order valence-corrected chi connectivity index (χ4v) is 1.82. The first kappa shape index (κ1) is 11.0.